The molecule has 0 amide bonds. The molecule has 0 bridgehead atoms. The Kier molecular flexibility index (Phi) is 5.84. The fourth-order valence-corrected chi connectivity index (χ4v) is 2.41. The van der Waals surface area contributed by atoms with E-state index in [0.717, 1.165) is 23.5 Å². The molecule has 0 heterocycles. The predicted molar refractivity (Wildman–Crippen MR) is 91.5 cm³/mol. The van der Waals surface area contributed by atoms with Crippen LogP contribution in [-0.2, 0) is 0 Å². The topological polar surface area (TPSA) is 32.7 Å². The fourth-order valence-electron chi connectivity index (χ4n) is 2.41. The van der Waals surface area contributed by atoms with Crippen LogP contribution < -0.4 is 9.64 Å². The van der Waals surface area contributed by atoms with E-state index in [-0.39, 0.29) is 6.10 Å². The summed E-state index contributed by atoms with van der Waals surface area (Å²) in [5.74, 6) is 0.835. The number of hydrogen-bond acceptors (Lipinski definition) is 3. The standard InChI is InChI=1S/C19H25NO2/c1-4-20(17-8-6-5-7-9-17)14-19(21)16-10-12-18(13-11-16)22-15(2)3/h5-13,15,19,21H,4,14H2,1-3H3. The van der Waals surface area contributed by atoms with E-state index in [1.54, 1.807) is 0 Å². The SMILES string of the molecule is CCN(CC(O)c1ccc(OC(C)C)cc1)c1ccccc1. The fraction of sp³-hybridized carbons (Fsp3) is 0.368. The molecule has 2 rings (SSSR count). The highest BCUT2D eigenvalue weighted by atomic mass is 16.5. The molecule has 0 aromatic heterocycles. The van der Waals surface area contributed by atoms with Crippen LogP contribution >= 0.6 is 0 Å². The second-order valence-corrected chi connectivity index (χ2v) is 5.63. The molecule has 0 aliphatic rings. The van der Waals surface area contributed by atoms with Crippen molar-refractivity contribution < 1.29 is 9.84 Å². The first-order valence-corrected chi connectivity index (χ1v) is 7.84. The Hall–Kier alpha value is -2.00. The van der Waals surface area contributed by atoms with Crippen LogP contribution in [0.4, 0.5) is 5.69 Å². The molecule has 0 aliphatic carbocycles. The van der Waals surface area contributed by atoms with Crippen molar-refractivity contribution in [3.05, 3.63) is 60.2 Å². The molecule has 2 aromatic rings. The van der Waals surface area contributed by atoms with Crippen molar-refractivity contribution in [1.29, 1.82) is 0 Å². The lowest BCUT2D eigenvalue weighted by atomic mass is 10.1. The average Bonchev–Trinajstić information content (AvgIpc) is 2.53. The number of benzene rings is 2. The average molecular weight is 299 g/mol. The van der Waals surface area contributed by atoms with E-state index in [9.17, 15) is 5.11 Å². The quantitative estimate of drug-likeness (QED) is 0.837. The van der Waals surface area contributed by atoms with Crippen LogP contribution in [0.2, 0.25) is 0 Å². The molecular formula is C19H25NO2. The summed E-state index contributed by atoms with van der Waals surface area (Å²) in [7, 11) is 0. The Morgan fingerprint density at radius 2 is 1.64 bits per heavy atom. The van der Waals surface area contributed by atoms with E-state index in [4.69, 9.17) is 4.74 Å². The third-order valence-corrected chi connectivity index (χ3v) is 3.53. The van der Waals surface area contributed by atoms with Gasteiger partial charge >= 0.3 is 0 Å². The number of aliphatic hydroxyl groups is 1. The van der Waals surface area contributed by atoms with Crippen LogP contribution in [0.1, 0.15) is 32.4 Å². The molecule has 0 saturated heterocycles. The maximum Gasteiger partial charge on any atom is 0.119 e. The summed E-state index contributed by atoms with van der Waals surface area (Å²) in [5, 5.41) is 10.5. The van der Waals surface area contributed by atoms with Crippen molar-refractivity contribution in [3.63, 3.8) is 0 Å². The van der Waals surface area contributed by atoms with E-state index in [1.165, 1.54) is 0 Å². The van der Waals surface area contributed by atoms with E-state index in [2.05, 4.69) is 24.0 Å². The number of nitrogens with zero attached hydrogens (tertiary/aromatic N) is 1. The third kappa shape index (κ3) is 4.50. The molecule has 1 atom stereocenters. The van der Waals surface area contributed by atoms with Gasteiger partial charge in [-0.25, -0.2) is 0 Å². The minimum atomic E-state index is -0.520. The molecule has 1 unspecified atom stereocenters. The largest absolute Gasteiger partial charge is 0.491 e. The van der Waals surface area contributed by atoms with Crippen LogP contribution in [0, 0.1) is 0 Å². The third-order valence-electron chi connectivity index (χ3n) is 3.53. The number of ether oxygens (including phenoxy) is 1. The van der Waals surface area contributed by atoms with Crippen molar-refractivity contribution in [2.24, 2.45) is 0 Å². The molecular weight excluding hydrogens is 274 g/mol. The molecule has 0 radical (unpaired) electrons. The van der Waals surface area contributed by atoms with E-state index in [1.807, 2.05) is 56.3 Å². The molecule has 3 nitrogen and oxygen atoms in total. The molecule has 118 valence electrons. The van der Waals surface area contributed by atoms with Crippen molar-refractivity contribution in [1.82, 2.24) is 0 Å². The minimum Gasteiger partial charge on any atom is -0.491 e. The zero-order chi connectivity index (χ0) is 15.9. The maximum atomic E-state index is 10.5. The normalized spacial score (nSPS) is 12.2. The van der Waals surface area contributed by atoms with Crippen LogP contribution in [0.3, 0.4) is 0 Å². The highest BCUT2D eigenvalue weighted by Crippen LogP contribution is 2.22. The molecule has 0 aliphatic heterocycles. The second kappa shape index (κ2) is 7.85. The van der Waals surface area contributed by atoms with Crippen LogP contribution in [0.25, 0.3) is 0 Å². The number of likely N-dealkylation sites (N-methyl/N-ethyl adjacent to an activating group) is 1. The van der Waals surface area contributed by atoms with Crippen molar-refractivity contribution >= 4 is 5.69 Å². The molecule has 22 heavy (non-hydrogen) atoms. The summed E-state index contributed by atoms with van der Waals surface area (Å²) in [6, 6.07) is 17.9. The van der Waals surface area contributed by atoms with Crippen molar-refractivity contribution in [2.75, 3.05) is 18.0 Å². The first-order chi connectivity index (χ1) is 10.6. The number of anilines is 1. The Balaban J connectivity index is 2.03. The Bertz CT molecular complexity index is 551. The summed E-state index contributed by atoms with van der Waals surface area (Å²) in [6.07, 6.45) is -0.363. The molecule has 0 saturated carbocycles. The monoisotopic (exact) mass is 299 g/mol. The van der Waals surface area contributed by atoms with Gasteiger partial charge in [-0.05, 0) is 50.6 Å². The summed E-state index contributed by atoms with van der Waals surface area (Å²) in [5.41, 5.74) is 2.04. The van der Waals surface area contributed by atoms with E-state index < -0.39 is 6.10 Å². The lowest BCUT2D eigenvalue weighted by Crippen LogP contribution is -2.28. The summed E-state index contributed by atoms with van der Waals surface area (Å²) < 4.78 is 5.63. The van der Waals surface area contributed by atoms with Gasteiger partial charge in [-0.3, -0.25) is 0 Å². The van der Waals surface area contributed by atoms with Gasteiger partial charge in [0.15, 0.2) is 0 Å². The van der Waals surface area contributed by atoms with Gasteiger partial charge in [0, 0.05) is 18.8 Å². The van der Waals surface area contributed by atoms with Gasteiger partial charge in [0.2, 0.25) is 0 Å². The first-order valence-electron chi connectivity index (χ1n) is 7.84. The van der Waals surface area contributed by atoms with Gasteiger partial charge in [-0.1, -0.05) is 30.3 Å². The van der Waals surface area contributed by atoms with Gasteiger partial charge in [-0.15, -0.1) is 0 Å². The number of para-hydroxylation sites is 1. The Labute approximate surface area is 133 Å². The zero-order valence-corrected chi connectivity index (χ0v) is 13.6. The lowest BCUT2D eigenvalue weighted by molar-refractivity contribution is 0.183. The molecule has 0 fully saturated rings. The predicted octanol–water partition coefficient (Wildman–Crippen LogP) is 4.03. The van der Waals surface area contributed by atoms with E-state index in [0.29, 0.717) is 6.54 Å². The summed E-state index contributed by atoms with van der Waals surface area (Å²) in [6.45, 7) is 7.53. The number of hydrogen-bond donors (Lipinski definition) is 1. The van der Waals surface area contributed by atoms with Gasteiger partial charge in [-0.2, -0.15) is 0 Å². The highest BCUT2D eigenvalue weighted by molar-refractivity contribution is 5.46. The molecule has 1 N–H and O–H groups in total. The smallest absolute Gasteiger partial charge is 0.119 e. The lowest BCUT2D eigenvalue weighted by Gasteiger charge is -2.26. The zero-order valence-electron chi connectivity index (χ0n) is 13.6. The highest BCUT2D eigenvalue weighted by Gasteiger charge is 2.13. The second-order valence-electron chi connectivity index (χ2n) is 5.63. The number of aliphatic hydroxyl groups excluding tert-OH is 1. The summed E-state index contributed by atoms with van der Waals surface area (Å²) >= 11 is 0. The van der Waals surface area contributed by atoms with Gasteiger partial charge in [0.1, 0.15) is 5.75 Å². The Morgan fingerprint density at radius 3 is 2.18 bits per heavy atom. The van der Waals surface area contributed by atoms with Crippen LogP contribution in [0.15, 0.2) is 54.6 Å². The van der Waals surface area contributed by atoms with E-state index >= 15 is 0 Å². The van der Waals surface area contributed by atoms with Gasteiger partial charge in [0.05, 0.1) is 12.2 Å². The van der Waals surface area contributed by atoms with Crippen molar-refractivity contribution in [2.45, 2.75) is 33.0 Å². The Morgan fingerprint density at radius 1 is 1.00 bits per heavy atom. The molecule has 2 aromatic carbocycles. The minimum absolute atomic E-state index is 0.157. The van der Waals surface area contributed by atoms with Crippen molar-refractivity contribution in [3.8, 4) is 5.75 Å². The summed E-state index contributed by atoms with van der Waals surface area (Å²) in [4.78, 5) is 2.17. The van der Waals surface area contributed by atoms with Crippen LogP contribution in [0.5, 0.6) is 5.75 Å². The molecule has 3 heteroatoms. The maximum absolute atomic E-state index is 10.5. The number of rotatable bonds is 7. The first kappa shape index (κ1) is 16.4. The van der Waals surface area contributed by atoms with Gasteiger partial charge < -0.3 is 14.7 Å². The molecule has 0 spiro atoms. The van der Waals surface area contributed by atoms with Gasteiger partial charge in [0.25, 0.3) is 0 Å². The van der Waals surface area contributed by atoms with Crippen LogP contribution in [-0.4, -0.2) is 24.3 Å².